The number of nitrogens with one attached hydrogen (secondary N) is 1. The van der Waals surface area contributed by atoms with Gasteiger partial charge in [-0.05, 0) is 12.1 Å². The lowest BCUT2D eigenvalue weighted by atomic mass is 10.5. The van der Waals surface area contributed by atoms with Gasteiger partial charge in [-0.15, -0.1) is 0 Å². The summed E-state index contributed by atoms with van der Waals surface area (Å²) in [5.41, 5.74) is 0. The van der Waals surface area contributed by atoms with E-state index < -0.39 is 9.84 Å². The van der Waals surface area contributed by atoms with E-state index in [9.17, 15) is 8.42 Å². The van der Waals surface area contributed by atoms with Crippen molar-refractivity contribution in [3.8, 4) is 11.6 Å². The van der Waals surface area contributed by atoms with Crippen LogP contribution in [0.25, 0.3) is 0 Å². The molecule has 1 aliphatic heterocycles. The van der Waals surface area contributed by atoms with Crippen LogP contribution in [-0.4, -0.2) is 40.1 Å². The van der Waals surface area contributed by atoms with E-state index in [2.05, 4.69) is 15.0 Å². The Bertz CT molecular complexity index is 666. The van der Waals surface area contributed by atoms with Crippen LogP contribution in [0, 0.1) is 0 Å². The molecular formula is C11H11N3O3S2. The van der Waals surface area contributed by atoms with Gasteiger partial charge in [0.15, 0.2) is 0 Å². The maximum Gasteiger partial charge on any atom is 0.227 e. The molecule has 2 aromatic rings. The predicted octanol–water partition coefficient (Wildman–Crippen LogP) is 1.49. The molecule has 100 valence electrons. The van der Waals surface area contributed by atoms with E-state index in [1.165, 1.54) is 6.20 Å². The standard InChI is InChI=1S/C11H11N3O3S2/c15-19(16,7-9-6-18-9)11-13-5-10(14-11)17-8-1-3-12-4-2-8/h1-5,9H,6-7H2,(H,13,14). The molecule has 1 atom stereocenters. The monoisotopic (exact) mass is 297 g/mol. The fourth-order valence-electron chi connectivity index (χ4n) is 1.52. The number of H-pyrrole nitrogens is 1. The lowest BCUT2D eigenvalue weighted by Crippen LogP contribution is -2.12. The van der Waals surface area contributed by atoms with Crippen molar-refractivity contribution in [2.45, 2.75) is 10.4 Å². The fraction of sp³-hybridized carbons (Fsp3) is 0.273. The lowest BCUT2D eigenvalue weighted by molar-refractivity contribution is 0.462. The zero-order chi connectivity index (χ0) is 13.3. The van der Waals surface area contributed by atoms with Crippen LogP contribution in [-0.2, 0) is 9.84 Å². The smallest absolute Gasteiger partial charge is 0.227 e. The first-order valence-electron chi connectivity index (χ1n) is 5.61. The summed E-state index contributed by atoms with van der Waals surface area (Å²) in [6.07, 6.45) is 4.55. The van der Waals surface area contributed by atoms with Crippen LogP contribution in [0.5, 0.6) is 11.6 Å². The number of hydrogen-bond donors (Lipinski definition) is 1. The van der Waals surface area contributed by atoms with Gasteiger partial charge in [-0.25, -0.2) is 13.4 Å². The molecule has 6 nitrogen and oxygen atoms in total. The van der Waals surface area contributed by atoms with E-state index in [0.29, 0.717) is 11.6 Å². The third-order valence-corrected chi connectivity index (χ3v) is 5.33. The lowest BCUT2D eigenvalue weighted by Gasteiger charge is -2.01. The summed E-state index contributed by atoms with van der Waals surface area (Å²) >= 11 is 1.64. The molecular weight excluding hydrogens is 286 g/mol. The minimum absolute atomic E-state index is 0.0379. The molecule has 0 spiro atoms. The molecule has 0 radical (unpaired) electrons. The normalized spacial score (nSPS) is 18.2. The van der Waals surface area contributed by atoms with Crippen molar-refractivity contribution in [2.24, 2.45) is 0 Å². The number of thioether (sulfide) groups is 1. The second-order valence-electron chi connectivity index (χ2n) is 4.07. The summed E-state index contributed by atoms with van der Waals surface area (Å²) in [6.45, 7) is 0. The van der Waals surface area contributed by atoms with Gasteiger partial charge in [0.05, 0.1) is 11.9 Å². The molecule has 0 bridgehead atoms. The highest BCUT2D eigenvalue weighted by Crippen LogP contribution is 2.32. The Hall–Kier alpha value is -1.54. The van der Waals surface area contributed by atoms with Gasteiger partial charge in [0.25, 0.3) is 0 Å². The number of sulfone groups is 1. The van der Waals surface area contributed by atoms with Crippen molar-refractivity contribution in [1.29, 1.82) is 0 Å². The zero-order valence-electron chi connectivity index (χ0n) is 9.81. The number of rotatable bonds is 5. The Morgan fingerprint density at radius 1 is 1.42 bits per heavy atom. The molecule has 0 aromatic carbocycles. The number of aromatic nitrogens is 3. The third kappa shape index (κ3) is 3.07. The second-order valence-corrected chi connectivity index (χ2v) is 7.36. The molecule has 0 saturated carbocycles. The van der Waals surface area contributed by atoms with Crippen molar-refractivity contribution in [3.63, 3.8) is 0 Å². The van der Waals surface area contributed by atoms with E-state index in [0.717, 1.165) is 5.75 Å². The molecule has 1 N–H and O–H groups in total. The zero-order valence-corrected chi connectivity index (χ0v) is 11.4. The van der Waals surface area contributed by atoms with Gasteiger partial charge in [0, 0.05) is 23.4 Å². The SMILES string of the molecule is O=S(=O)(CC1CS1)c1ncc(Oc2ccncc2)[nH]1. The molecule has 1 saturated heterocycles. The van der Waals surface area contributed by atoms with Gasteiger partial charge in [-0.3, -0.25) is 9.97 Å². The molecule has 8 heteroatoms. The Labute approximate surface area is 114 Å². The van der Waals surface area contributed by atoms with Crippen molar-refractivity contribution in [3.05, 3.63) is 30.7 Å². The van der Waals surface area contributed by atoms with Crippen LogP contribution in [0.3, 0.4) is 0 Å². The average molecular weight is 297 g/mol. The van der Waals surface area contributed by atoms with E-state index >= 15 is 0 Å². The molecule has 0 aliphatic carbocycles. The highest BCUT2D eigenvalue weighted by molar-refractivity contribution is 8.08. The van der Waals surface area contributed by atoms with Crippen LogP contribution >= 0.6 is 11.8 Å². The van der Waals surface area contributed by atoms with Gasteiger partial charge < -0.3 is 4.74 Å². The quantitative estimate of drug-likeness (QED) is 0.842. The van der Waals surface area contributed by atoms with Crippen LogP contribution < -0.4 is 4.74 Å². The predicted molar refractivity (Wildman–Crippen MR) is 71.2 cm³/mol. The largest absolute Gasteiger partial charge is 0.439 e. The number of imidazole rings is 1. The number of ether oxygens (including phenoxy) is 1. The van der Waals surface area contributed by atoms with Gasteiger partial charge in [-0.2, -0.15) is 11.8 Å². The summed E-state index contributed by atoms with van der Waals surface area (Å²) in [6, 6.07) is 3.35. The maximum atomic E-state index is 12.0. The van der Waals surface area contributed by atoms with Crippen LogP contribution in [0.4, 0.5) is 0 Å². The summed E-state index contributed by atoms with van der Waals surface area (Å²) in [7, 11) is -3.35. The summed E-state index contributed by atoms with van der Waals surface area (Å²) < 4.78 is 29.4. The number of nitrogens with zero attached hydrogens (tertiary/aromatic N) is 2. The number of hydrogen-bond acceptors (Lipinski definition) is 6. The molecule has 2 aromatic heterocycles. The van der Waals surface area contributed by atoms with Crippen LogP contribution in [0.1, 0.15) is 0 Å². The van der Waals surface area contributed by atoms with Gasteiger partial charge in [0.1, 0.15) is 5.75 Å². The summed E-state index contributed by atoms with van der Waals surface area (Å²) in [4.78, 5) is 10.4. The van der Waals surface area contributed by atoms with E-state index in [1.54, 1.807) is 36.3 Å². The molecule has 3 rings (SSSR count). The second kappa shape index (κ2) is 4.86. The average Bonchev–Trinajstić information content (AvgIpc) is 3.05. The topological polar surface area (TPSA) is 84.9 Å². The number of pyridine rings is 1. The molecule has 19 heavy (non-hydrogen) atoms. The maximum absolute atomic E-state index is 12.0. The Morgan fingerprint density at radius 2 is 2.16 bits per heavy atom. The van der Waals surface area contributed by atoms with Crippen LogP contribution in [0.15, 0.2) is 35.9 Å². The first-order valence-corrected chi connectivity index (χ1v) is 8.31. The number of aromatic amines is 1. The molecule has 3 heterocycles. The van der Waals surface area contributed by atoms with Gasteiger partial charge in [0.2, 0.25) is 20.9 Å². The molecule has 1 fully saturated rings. The highest BCUT2D eigenvalue weighted by atomic mass is 32.2. The van der Waals surface area contributed by atoms with Gasteiger partial charge in [-0.1, -0.05) is 0 Å². The van der Waals surface area contributed by atoms with Crippen molar-refractivity contribution >= 4 is 21.6 Å². The van der Waals surface area contributed by atoms with E-state index in [1.807, 2.05) is 0 Å². The minimum atomic E-state index is -3.35. The first kappa shape index (κ1) is 12.5. The van der Waals surface area contributed by atoms with E-state index in [-0.39, 0.29) is 16.2 Å². The van der Waals surface area contributed by atoms with Crippen LogP contribution in [0.2, 0.25) is 0 Å². The third-order valence-electron chi connectivity index (χ3n) is 2.51. The highest BCUT2D eigenvalue weighted by Gasteiger charge is 2.31. The van der Waals surface area contributed by atoms with Gasteiger partial charge >= 0.3 is 0 Å². The van der Waals surface area contributed by atoms with Crippen molar-refractivity contribution in [2.75, 3.05) is 11.5 Å². The Morgan fingerprint density at radius 3 is 2.84 bits per heavy atom. The molecule has 1 aliphatic rings. The van der Waals surface area contributed by atoms with E-state index in [4.69, 9.17) is 4.74 Å². The molecule has 1 unspecified atom stereocenters. The van der Waals surface area contributed by atoms with Crippen molar-refractivity contribution < 1.29 is 13.2 Å². The fourth-order valence-corrected chi connectivity index (χ4v) is 4.08. The summed E-state index contributed by atoms with van der Waals surface area (Å²) in [5.74, 6) is 1.90. The summed E-state index contributed by atoms with van der Waals surface area (Å²) in [5, 5.41) is 0.170. The minimum Gasteiger partial charge on any atom is -0.439 e. The Kier molecular flexibility index (Phi) is 3.19. The Balaban J connectivity index is 1.75. The van der Waals surface area contributed by atoms with Crippen molar-refractivity contribution in [1.82, 2.24) is 15.0 Å². The molecule has 0 amide bonds. The first-order chi connectivity index (χ1) is 9.13.